The highest BCUT2D eigenvalue weighted by Gasteiger charge is 2.58. The highest BCUT2D eigenvalue weighted by molar-refractivity contribution is 6.04. The molecule has 0 bridgehead atoms. The lowest BCUT2D eigenvalue weighted by Crippen LogP contribution is -2.38. The molecule has 1 amide bonds. The first-order valence-electron chi connectivity index (χ1n) is 5.49. The van der Waals surface area contributed by atoms with Crippen LogP contribution in [0.4, 0.5) is 0 Å². The number of carbonyl (C=O) groups excluding carboxylic acids is 1. The molecule has 1 saturated carbocycles. The first kappa shape index (κ1) is 11.7. The van der Waals surface area contributed by atoms with Crippen LogP contribution in [0.25, 0.3) is 0 Å². The average Bonchev–Trinajstić information content (AvgIpc) is 3.00. The van der Waals surface area contributed by atoms with Crippen molar-refractivity contribution in [2.24, 2.45) is 5.41 Å². The molecule has 1 heterocycles. The van der Waals surface area contributed by atoms with E-state index in [4.69, 9.17) is 9.52 Å². The molecule has 1 aliphatic carbocycles. The SMILES string of the molecule is Cc1occc1CN(C)C(=O)C1(C(=O)O)CC1. The van der Waals surface area contributed by atoms with Gasteiger partial charge in [-0.2, -0.15) is 0 Å². The van der Waals surface area contributed by atoms with E-state index in [2.05, 4.69) is 0 Å². The quantitative estimate of drug-likeness (QED) is 0.804. The summed E-state index contributed by atoms with van der Waals surface area (Å²) < 4.78 is 5.14. The number of aliphatic carboxylic acids is 1. The van der Waals surface area contributed by atoms with Gasteiger partial charge < -0.3 is 14.4 Å². The van der Waals surface area contributed by atoms with Crippen molar-refractivity contribution >= 4 is 11.9 Å². The number of nitrogens with zero attached hydrogens (tertiary/aromatic N) is 1. The van der Waals surface area contributed by atoms with Crippen LogP contribution >= 0.6 is 0 Å². The van der Waals surface area contributed by atoms with Gasteiger partial charge in [0, 0.05) is 19.2 Å². The summed E-state index contributed by atoms with van der Waals surface area (Å²) in [4.78, 5) is 24.5. The summed E-state index contributed by atoms with van der Waals surface area (Å²) in [5, 5.41) is 9.04. The largest absolute Gasteiger partial charge is 0.480 e. The Bertz CT molecular complexity index is 459. The zero-order valence-electron chi connectivity index (χ0n) is 9.90. The van der Waals surface area contributed by atoms with Crippen LogP contribution in [-0.2, 0) is 16.1 Å². The third kappa shape index (κ3) is 1.92. The summed E-state index contributed by atoms with van der Waals surface area (Å²) >= 11 is 0. The van der Waals surface area contributed by atoms with Gasteiger partial charge >= 0.3 is 5.97 Å². The first-order valence-corrected chi connectivity index (χ1v) is 5.49. The van der Waals surface area contributed by atoms with Gasteiger partial charge in [-0.05, 0) is 25.8 Å². The molecule has 92 valence electrons. The van der Waals surface area contributed by atoms with E-state index in [0.29, 0.717) is 19.4 Å². The molecular formula is C12H15NO4. The Morgan fingerprint density at radius 1 is 1.53 bits per heavy atom. The van der Waals surface area contributed by atoms with Gasteiger partial charge in [-0.15, -0.1) is 0 Å². The number of aryl methyl sites for hydroxylation is 1. The van der Waals surface area contributed by atoms with E-state index >= 15 is 0 Å². The molecule has 0 aliphatic heterocycles. The van der Waals surface area contributed by atoms with Crippen molar-refractivity contribution in [3.05, 3.63) is 23.7 Å². The summed E-state index contributed by atoms with van der Waals surface area (Å²) in [6.07, 6.45) is 2.44. The summed E-state index contributed by atoms with van der Waals surface area (Å²) in [5.74, 6) is -0.575. The number of furan rings is 1. The molecule has 0 radical (unpaired) electrons. The maximum absolute atomic E-state index is 12.0. The maximum Gasteiger partial charge on any atom is 0.319 e. The predicted octanol–water partition coefficient (Wildman–Crippen LogP) is 1.41. The standard InChI is InChI=1S/C12H15NO4/c1-8-9(3-6-17-8)7-13(2)10(14)12(4-5-12)11(15)16/h3,6H,4-5,7H2,1-2H3,(H,15,16). The molecule has 0 aromatic carbocycles. The molecule has 5 nitrogen and oxygen atoms in total. The minimum absolute atomic E-state index is 0.314. The molecule has 2 rings (SSSR count). The summed E-state index contributed by atoms with van der Waals surface area (Å²) in [5.41, 5.74) is -0.256. The van der Waals surface area contributed by atoms with E-state index in [-0.39, 0.29) is 5.91 Å². The zero-order valence-corrected chi connectivity index (χ0v) is 9.90. The second-order valence-electron chi connectivity index (χ2n) is 4.55. The molecule has 0 spiro atoms. The van der Waals surface area contributed by atoms with Crippen molar-refractivity contribution in [1.29, 1.82) is 0 Å². The third-order valence-corrected chi connectivity index (χ3v) is 3.29. The Morgan fingerprint density at radius 2 is 2.18 bits per heavy atom. The first-order chi connectivity index (χ1) is 7.97. The number of amides is 1. The molecule has 1 aromatic heterocycles. The summed E-state index contributed by atoms with van der Waals surface area (Å²) in [7, 11) is 1.62. The molecule has 0 unspecified atom stereocenters. The van der Waals surface area contributed by atoms with Gasteiger partial charge in [0.1, 0.15) is 11.2 Å². The Morgan fingerprint density at radius 3 is 2.59 bits per heavy atom. The minimum atomic E-state index is -1.16. The zero-order chi connectivity index (χ0) is 12.6. The molecule has 0 saturated heterocycles. The second kappa shape index (κ2) is 3.91. The topological polar surface area (TPSA) is 70.8 Å². The number of hydrogen-bond donors (Lipinski definition) is 1. The third-order valence-electron chi connectivity index (χ3n) is 3.29. The Kier molecular flexibility index (Phi) is 2.69. The van der Waals surface area contributed by atoms with Crippen LogP contribution in [0.1, 0.15) is 24.2 Å². The van der Waals surface area contributed by atoms with Gasteiger partial charge in [0.15, 0.2) is 0 Å². The van der Waals surface area contributed by atoms with E-state index in [1.807, 2.05) is 6.92 Å². The minimum Gasteiger partial charge on any atom is -0.480 e. The molecule has 0 atom stereocenters. The van der Waals surface area contributed by atoms with Crippen molar-refractivity contribution in [3.63, 3.8) is 0 Å². The van der Waals surface area contributed by atoms with Crippen LogP contribution in [0.15, 0.2) is 16.7 Å². The second-order valence-corrected chi connectivity index (χ2v) is 4.55. The average molecular weight is 237 g/mol. The van der Waals surface area contributed by atoms with Gasteiger partial charge in [0.2, 0.25) is 5.91 Å². The smallest absolute Gasteiger partial charge is 0.319 e. The van der Waals surface area contributed by atoms with Gasteiger partial charge in [0.25, 0.3) is 0 Å². The molecular weight excluding hydrogens is 222 g/mol. The monoisotopic (exact) mass is 237 g/mol. The van der Waals surface area contributed by atoms with Crippen LogP contribution in [0.2, 0.25) is 0 Å². The van der Waals surface area contributed by atoms with Gasteiger partial charge in [0.05, 0.1) is 6.26 Å². The lowest BCUT2D eigenvalue weighted by atomic mass is 10.1. The van der Waals surface area contributed by atoms with Crippen LogP contribution < -0.4 is 0 Å². The molecule has 17 heavy (non-hydrogen) atoms. The Balaban J connectivity index is 2.06. The highest BCUT2D eigenvalue weighted by atomic mass is 16.4. The van der Waals surface area contributed by atoms with Crippen molar-refractivity contribution < 1.29 is 19.1 Å². The van der Waals surface area contributed by atoms with Crippen LogP contribution in [0.3, 0.4) is 0 Å². The maximum atomic E-state index is 12.0. The molecule has 1 aromatic rings. The van der Waals surface area contributed by atoms with Crippen molar-refractivity contribution in [3.8, 4) is 0 Å². The fraction of sp³-hybridized carbons (Fsp3) is 0.500. The van der Waals surface area contributed by atoms with Gasteiger partial charge in [-0.1, -0.05) is 0 Å². The van der Waals surface area contributed by atoms with Crippen LogP contribution in [-0.4, -0.2) is 28.9 Å². The van der Waals surface area contributed by atoms with E-state index < -0.39 is 11.4 Å². The fourth-order valence-corrected chi connectivity index (χ4v) is 1.91. The number of rotatable bonds is 4. The Labute approximate surface area is 99.0 Å². The fourth-order valence-electron chi connectivity index (χ4n) is 1.91. The lowest BCUT2D eigenvalue weighted by Gasteiger charge is -2.20. The molecule has 1 aliphatic rings. The van der Waals surface area contributed by atoms with Crippen molar-refractivity contribution in [1.82, 2.24) is 4.90 Å². The van der Waals surface area contributed by atoms with Crippen LogP contribution in [0, 0.1) is 12.3 Å². The van der Waals surface area contributed by atoms with Gasteiger partial charge in [-0.25, -0.2) is 0 Å². The number of hydrogen-bond acceptors (Lipinski definition) is 3. The van der Waals surface area contributed by atoms with Gasteiger partial charge in [-0.3, -0.25) is 9.59 Å². The number of carbonyl (C=O) groups is 2. The number of carboxylic acids is 1. The van der Waals surface area contributed by atoms with Crippen LogP contribution in [0.5, 0.6) is 0 Å². The lowest BCUT2D eigenvalue weighted by molar-refractivity contribution is -0.153. The van der Waals surface area contributed by atoms with E-state index in [0.717, 1.165) is 11.3 Å². The molecule has 1 N–H and O–H groups in total. The molecule has 1 fully saturated rings. The highest BCUT2D eigenvalue weighted by Crippen LogP contribution is 2.47. The molecule has 5 heteroatoms. The normalized spacial score (nSPS) is 16.6. The van der Waals surface area contributed by atoms with Crippen molar-refractivity contribution in [2.75, 3.05) is 7.05 Å². The Hall–Kier alpha value is -1.78. The van der Waals surface area contributed by atoms with E-state index in [1.54, 1.807) is 19.4 Å². The summed E-state index contributed by atoms with van der Waals surface area (Å²) in [6, 6.07) is 1.79. The number of carboxylic acid groups (broad SMARTS) is 1. The van der Waals surface area contributed by atoms with E-state index in [1.165, 1.54) is 4.90 Å². The van der Waals surface area contributed by atoms with Crippen molar-refractivity contribution in [2.45, 2.75) is 26.3 Å². The summed E-state index contributed by atoms with van der Waals surface area (Å²) in [6.45, 7) is 2.20. The van der Waals surface area contributed by atoms with E-state index in [9.17, 15) is 9.59 Å². The predicted molar refractivity (Wildman–Crippen MR) is 59.2 cm³/mol.